The highest BCUT2D eigenvalue weighted by atomic mass is 35.5. The molecule has 0 aliphatic rings. The number of halogens is 1. The van der Waals surface area contributed by atoms with Gasteiger partial charge in [0, 0.05) is 7.05 Å². The number of hydrogen-bond donors (Lipinski definition) is 2. The molecule has 0 aromatic carbocycles. The number of aliphatic hydroxyl groups is 1. The Morgan fingerprint density at radius 3 is 2.71 bits per heavy atom. The molecule has 0 aliphatic heterocycles. The van der Waals surface area contributed by atoms with E-state index in [1.54, 1.807) is 20.9 Å². The lowest BCUT2D eigenvalue weighted by Gasteiger charge is -2.33. The number of aliphatic hydroxyl groups excluding tert-OH is 1. The van der Waals surface area contributed by atoms with Crippen molar-refractivity contribution in [1.82, 2.24) is 9.88 Å². The van der Waals surface area contributed by atoms with Crippen molar-refractivity contribution in [3.63, 3.8) is 0 Å². The van der Waals surface area contributed by atoms with Crippen molar-refractivity contribution in [2.45, 2.75) is 19.4 Å². The third kappa shape index (κ3) is 2.87. The molecule has 0 radical (unpaired) electrons. The second kappa shape index (κ2) is 4.89. The van der Waals surface area contributed by atoms with E-state index >= 15 is 0 Å². The maximum Gasteiger partial charge on any atom is 0.274 e. The average Bonchev–Trinajstić information content (AvgIpc) is 2.30. The van der Waals surface area contributed by atoms with E-state index in [2.05, 4.69) is 4.98 Å². The number of nitrogen functional groups attached to an aromatic ring is 1. The molecule has 0 saturated carbocycles. The van der Waals surface area contributed by atoms with Crippen LogP contribution in [0.5, 0.6) is 0 Å². The number of amides is 1. The highest BCUT2D eigenvalue weighted by Gasteiger charge is 2.29. The van der Waals surface area contributed by atoms with Crippen molar-refractivity contribution >= 4 is 23.3 Å². The van der Waals surface area contributed by atoms with Gasteiger partial charge in [0.05, 0.1) is 17.2 Å². The molecule has 6 heteroatoms. The summed E-state index contributed by atoms with van der Waals surface area (Å²) < 4.78 is 0. The minimum absolute atomic E-state index is 0.0932. The molecular weight excluding hydrogens is 242 g/mol. The maximum absolute atomic E-state index is 12.1. The van der Waals surface area contributed by atoms with Crippen LogP contribution in [0.4, 0.5) is 5.82 Å². The van der Waals surface area contributed by atoms with E-state index < -0.39 is 5.54 Å². The van der Waals surface area contributed by atoms with E-state index in [9.17, 15) is 9.90 Å². The van der Waals surface area contributed by atoms with E-state index in [4.69, 9.17) is 17.3 Å². The predicted molar refractivity (Wildman–Crippen MR) is 66.9 cm³/mol. The van der Waals surface area contributed by atoms with Crippen LogP contribution in [0.1, 0.15) is 24.3 Å². The van der Waals surface area contributed by atoms with Crippen molar-refractivity contribution in [3.8, 4) is 0 Å². The molecule has 1 rings (SSSR count). The number of nitrogens with zero attached hydrogens (tertiary/aromatic N) is 2. The van der Waals surface area contributed by atoms with Crippen molar-refractivity contribution in [1.29, 1.82) is 0 Å². The van der Waals surface area contributed by atoms with Crippen molar-refractivity contribution in [3.05, 3.63) is 22.8 Å². The van der Waals surface area contributed by atoms with E-state index in [-0.39, 0.29) is 29.0 Å². The van der Waals surface area contributed by atoms with Gasteiger partial charge in [0.15, 0.2) is 0 Å². The van der Waals surface area contributed by atoms with Crippen LogP contribution >= 0.6 is 11.6 Å². The fourth-order valence-corrected chi connectivity index (χ4v) is 1.33. The van der Waals surface area contributed by atoms with Gasteiger partial charge in [-0.25, -0.2) is 4.98 Å². The minimum Gasteiger partial charge on any atom is -0.394 e. The van der Waals surface area contributed by atoms with Crippen LogP contribution in [-0.4, -0.2) is 40.1 Å². The van der Waals surface area contributed by atoms with Crippen LogP contribution in [0.15, 0.2) is 12.1 Å². The molecule has 1 amide bonds. The van der Waals surface area contributed by atoms with Gasteiger partial charge in [-0.05, 0) is 26.0 Å². The summed E-state index contributed by atoms with van der Waals surface area (Å²) in [4.78, 5) is 17.4. The number of pyridine rings is 1. The average molecular weight is 258 g/mol. The number of aromatic nitrogens is 1. The Bertz CT molecular complexity index is 435. The summed E-state index contributed by atoms with van der Waals surface area (Å²) in [6.45, 7) is 3.32. The molecule has 0 bridgehead atoms. The number of hydrogen-bond acceptors (Lipinski definition) is 4. The number of anilines is 1. The molecule has 0 saturated heterocycles. The van der Waals surface area contributed by atoms with Gasteiger partial charge in [0.25, 0.3) is 5.91 Å². The Morgan fingerprint density at radius 2 is 2.18 bits per heavy atom. The Morgan fingerprint density at radius 1 is 1.59 bits per heavy atom. The summed E-state index contributed by atoms with van der Waals surface area (Å²) in [7, 11) is 1.58. The van der Waals surface area contributed by atoms with Gasteiger partial charge in [-0.2, -0.15) is 0 Å². The summed E-state index contributed by atoms with van der Waals surface area (Å²) in [5.74, 6) is -0.144. The molecule has 1 aromatic heterocycles. The molecule has 0 atom stereocenters. The number of likely N-dealkylation sites (N-methyl/N-ethyl adjacent to an activating group) is 1. The predicted octanol–water partition coefficient (Wildman–Crippen LogP) is 1.16. The number of carbonyl (C=O) groups excluding carboxylic acids is 1. The van der Waals surface area contributed by atoms with Gasteiger partial charge in [-0.15, -0.1) is 0 Å². The van der Waals surface area contributed by atoms with E-state index in [0.717, 1.165) is 0 Å². The largest absolute Gasteiger partial charge is 0.394 e. The van der Waals surface area contributed by atoms with Crippen LogP contribution in [0.25, 0.3) is 0 Å². The van der Waals surface area contributed by atoms with Crippen molar-refractivity contribution in [2.24, 2.45) is 0 Å². The molecule has 5 nitrogen and oxygen atoms in total. The van der Waals surface area contributed by atoms with E-state index in [1.165, 1.54) is 17.0 Å². The molecule has 0 unspecified atom stereocenters. The third-order valence-electron chi connectivity index (χ3n) is 2.67. The quantitative estimate of drug-likeness (QED) is 0.852. The van der Waals surface area contributed by atoms with Gasteiger partial charge in [0.1, 0.15) is 11.5 Å². The highest BCUT2D eigenvalue weighted by Crippen LogP contribution is 2.20. The van der Waals surface area contributed by atoms with Gasteiger partial charge in [-0.3, -0.25) is 4.79 Å². The molecule has 3 N–H and O–H groups in total. The fraction of sp³-hybridized carbons (Fsp3) is 0.455. The Kier molecular flexibility index (Phi) is 3.95. The molecule has 0 spiro atoms. The zero-order valence-corrected chi connectivity index (χ0v) is 10.8. The lowest BCUT2D eigenvalue weighted by molar-refractivity contribution is 0.0468. The summed E-state index contributed by atoms with van der Waals surface area (Å²) in [5.41, 5.74) is 4.92. The van der Waals surface area contributed by atoms with Crippen LogP contribution in [-0.2, 0) is 0 Å². The zero-order valence-electron chi connectivity index (χ0n) is 10.1. The van der Waals surface area contributed by atoms with Gasteiger partial charge in [0.2, 0.25) is 0 Å². The van der Waals surface area contributed by atoms with Crippen LogP contribution in [0.2, 0.25) is 5.02 Å². The molecule has 1 heterocycles. The third-order valence-corrected chi connectivity index (χ3v) is 2.97. The second-order valence-corrected chi connectivity index (χ2v) is 4.81. The fourth-order valence-electron chi connectivity index (χ4n) is 1.15. The highest BCUT2D eigenvalue weighted by molar-refractivity contribution is 6.33. The second-order valence-electron chi connectivity index (χ2n) is 4.40. The summed E-state index contributed by atoms with van der Waals surface area (Å²) in [6, 6.07) is 3.05. The maximum atomic E-state index is 12.1. The first kappa shape index (κ1) is 13.7. The van der Waals surface area contributed by atoms with Crippen molar-refractivity contribution in [2.75, 3.05) is 19.4 Å². The van der Waals surface area contributed by atoms with E-state index in [0.29, 0.717) is 0 Å². The van der Waals surface area contributed by atoms with E-state index in [1.807, 2.05) is 0 Å². The Hall–Kier alpha value is -1.33. The van der Waals surface area contributed by atoms with Gasteiger partial charge >= 0.3 is 0 Å². The molecule has 0 fully saturated rings. The van der Waals surface area contributed by atoms with Gasteiger partial charge in [-0.1, -0.05) is 11.6 Å². The Labute approximate surface area is 105 Å². The molecule has 94 valence electrons. The number of rotatable bonds is 3. The van der Waals surface area contributed by atoms with Crippen molar-refractivity contribution < 1.29 is 9.90 Å². The Balaban J connectivity index is 3.08. The van der Waals surface area contributed by atoms with Crippen LogP contribution in [0, 0.1) is 0 Å². The monoisotopic (exact) mass is 257 g/mol. The first-order chi connectivity index (χ1) is 7.79. The lowest BCUT2D eigenvalue weighted by Crippen LogP contribution is -2.48. The SMILES string of the molecule is CN(C(=O)c1nc(N)ccc1Cl)C(C)(C)CO. The zero-order chi connectivity index (χ0) is 13.2. The normalized spacial score (nSPS) is 11.4. The first-order valence-corrected chi connectivity index (χ1v) is 5.48. The summed E-state index contributed by atoms with van der Waals surface area (Å²) in [6.07, 6.45) is 0. The molecular formula is C11H16ClN3O2. The summed E-state index contributed by atoms with van der Waals surface area (Å²) >= 11 is 5.90. The number of carbonyl (C=O) groups is 1. The summed E-state index contributed by atoms with van der Waals surface area (Å²) in [5, 5.41) is 9.45. The standard InChI is InChI=1S/C11H16ClN3O2/c1-11(2,6-16)15(3)10(17)9-7(12)4-5-8(13)14-9/h4-5,16H,6H2,1-3H3,(H2,13,14). The lowest BCUT2D eigenvalue weighted by atomic mass is 10.0. The molecule has 17 heavy (non-hydrogen) atoms. The smallest absolute Gasteiger partial charge is 0.274 e. The molecule has 0 aliphatic carbocycles. The van der Waals surface area contributed by atoms with Gasteiger partial charge < -0.3 is 15.7 Å². The first-order valence-electron chi connectivity index (χ1n) is 5.10. The molecule has 1 aromatic rings. The topological polar surface area (TPSA) is 79.5 Å². The minimum atomic E-state index is -0.688. The van der Waals surface area contributed by atoms with Crippen LogP contribution in [0.3, 0.4) is 0 Å². The number of nitrogens with two attached hydrogens (primary N) is 1. The van der Waals surface area contributed by atoms with Crippen LogP contribution < -0.4 is 5.73 Å².